The number of rotatable bonds is 8. The Balaban J connectivity index is 1.75. The zero-order valence-electron chi connectivity index (χ0n) is 11.7. The number of nitrogens with zero attached hydrogens (tertiary/aromatic N) is 4. The van der Waals surface area contributed by atoms with Gasteiger partial charge < -0.3 is 15.3 Å². The first-order chi connectivity index (χ1) is 9.81. The molecule has 0 aromatic carbocycles. The summed E-state index contributed by atoms with van der Waals surface area (Å²) in [6, 6.07) is 1.81. The quantitative estimate of drug-likeness (QED) is 0.383. The van der Waals surface area contributed by atoms with Crippen LogP contribution in [0.5, 0.6) is 0 Å². The largest absolute Gasteiger partial charge is 0.370 e. The van der Waals surface area contributed by atoms with Crippen LogP contribution in [0.2, 0.25) is 0 Å². The van der Waals surface area contributed by atoms with Crippen molar-refractivity contribution in [3.05, 3.63) is 30.6 Å². The fourth-order valence-electron chi connectivity index (χ4n) is 1.87. The van der Waals surface area contributed by atoms with Crippen molar-refractivity contribution in [2.24, 2.45) is 5.84 Å². The van der Waals surface area contributed by atoms with Gasteiger partial charge in [0.15, 0.2) is 0 Å². The highest BCUT2D eigenvalue weighted by Gasteiger charge is 2.02. The molecule has 0 atom stereocenters. The Labute approximate surface area is 118 Å². The van der Waals surface area contributed by atoms with Crippen LogP contribution in [0.1, 0.15) is 25.6 Å². The molecule has 0 radical (unpaired) electrons. The predicted molar refractivity (Wildman–Crippen MR) is 79.2 cm³/mol. The van der Waals surface area contributed by atoms with Crippen LogP contribution in [0.4, 0.5) is 11.6 Å². The number of hydrogen-bond acceptors (Lipinski definition) is 6. The van der Waals surface area contributed by atoms with Crippen molar-refractivity contribution >= 4 is 11.6 Å². The van der Waals surface area contributed by atoms with Gasteiger partial charge in [-0.15, -0.1) is 0 Å². The molecule has 0 saturated heterocycles. The average molecular weight is 275 g/mol. The first kappa shape index (κ1) is 14.3. The molecule has 4 N–H and O–H groups in total. The van der Waals surface area contributed by atoms with E-state index in [4.69, 9.17) is 5.84 Å². The first-order valence-electron chi connectivity index (χ1n) is 6.86. The van der Waals surface area contributed by atoms with Gasteiger partial charge in [0.05, 0.1) is 6.33 Å². The summed E-state index contributed by atoms with van der Waals surface area (Å²) in [4.78, 5) is 12.7. The van der Waals surface area contributed by atoms with E-state index in [1.807, 2.05) is 25.5 Å². The van der Waals surface area contributed by atoms with Gasteiger partial charge in [-0.3, -0.25) is 0 Å². The van der Waals surface area contributed by atoms with E-state index < -0.39 is 0 Å². The number of nitrogens with one attached hydrogen (secondary N) is 2. The van der Waals surface area contributed by atoms with Crippen LogP contribution >= 0.6 is 0 Å². The molecule has 0 bridgehead atoms. The van der Waals surface area contributed by atoms with E-state index in [0.29, 0.717) is 5.82 Å². The first-order valence-corrected chi connectivity index (χ1v) is 6.86. The minimum atomic E-state index is 0.637. The van der Waals surface area contributed by atoms with Crippen molar-refractivity contribution in [1.82, 2.24) is 19.5 Å². The molecule has 0 unspecified atom stereocenters. The lowest BCUT2D eigenvalue weighted by atomic mass is 10.3. The standard InChI is InChI=1S/C13H21N7/c1-2-11-17-12(9-13(18-11)19-14)16-5-3-4-7-20-8-6-15-10-20/h6,8-10H,2-5,7,14H2,1H3,(H2,16,17,18,19). The lowest BCUT2D eigenvalue weighted by Gasteiger charge is -2.09. The molecule has 0 aliphatic rings. The lowest BCUT2D eigenvalue weighted by molar-refractivity contribution is 0.620. The van der Waals surface area contributed by atoms with Gasteiger partial charge in [-0.2, -0.15) is 0 Å². The second-order valence-corrected chi connectivity index (χ2v) is 4.49. The van der Waals surface area contributed by atoms with Crippen LogP contribution in [0.25, 0.3) is 0 Å². The minimum Gasteiger partial charge on any atom is -0.370 e. The molecule has 108 valence electrons. The summed E-state index contributed by atoms with van der Waals surface area (Å²) < 4.78 is 2.08. The molecule has 0 aliphatic carbocycles. The predicted octanol–water partition coefficient (Wildman–Crippen LogP) is 1.41. The lowest BCUT2D eigenvalue weighted by Crippen LogP contribution is -2.12. The van der Waals surface area contributed by atoms with E-state index in [0.717, 1.165) is 44.0 Å². The summed E-state index contributed by atoms with van der Waals surface area (Å²) >= 11 is 0. The van der Waals surface area contributed by atoms with Crippen molar-refractivity contribution in [1.29, 1.82) is 0 Å². The number of imidazole rings is 1. The van der Waals surface area contributed by atoms with Gasteiger partial charge in [-0.05, 0) is 12.8 Å². The number of aryl methyl sites for hydroxylation is 2. The topological polar surface area (TPSA) is 93.7 Å². The Kier molecular flexibility index (Phi) is 5.31. The second kappa shape index (κ2) is 7.44. The smallest absolute Gasteiger partial charge is 0.145 e. The third kappa shape index (κ3) is 4.20. The van der Waals surface area contributed by atoms with Crippen molar-refractivity contribution in [3.8, 4) is 0 Å². The molecule has 7 nitrogen and oxygen atoms in total. The van der Waals surface area contributed by atoms with E-state index in [9.17, 15) is 0 Å². The van der Waals surface area contributed by atoms with Crippen molar-refractivity contribution in [2.45, 2.75) is 32.7 Å². The zero-order chi connectivity index (χ0) is 14.2. The molecule has 0 amide bonds. The van der Waals surface area contributed by atoms with E-state index >= 15 is 0 Å². The minimum absolute atomic E-state index is 0.637. The molecule has 2 heterocycles. The number of nitrogen functional groups attached to an aromatic ring is 1. The third-order valence-corrected chi connectivity index (χ3v) is 2.94. The SMILES string of the molecule is CCc1nc(NN)cc(NCCCCn2ccnc2)n1. The van der Waals surface area contributed by atoms with Crippen LogP contribution in [0.3, 0.4) is 0 Å². The Hall–Kier alpha value is -2.15. The molecule has 2 aromatic heterocycles. The summed E-state index contributed by atoms with van der Waals surface area (Å²) in [5.41, 5.74) is 2.56. The van der Waals surface area contributed by atoms with Gasteiger partial charge in [0.2, 0.25) is 0 Å². The molecule has 2 aromatic rings. The van der Waals surface area contributed by atoms with Crippen molar-refractivity contribution in [3.63, 3.8) is 0 Å². The van der Waals surface area contributed by atoms with E-state index in [2.05, 4.69) is 30.3 Å². The number of hydrazine groups is 1. The highest BCUT2D eigenvalue weighted by atomic mass is 15.3. The molecule has 7 heteroatoms. The number of hydrogen-bond donors (Lipinski definition) is 3. The summed E-state index contributed by atoms with van der Waals surface area (Å²) in [7, 11) is 0. The number of nitrogens with two attached hydrogens (primary N) is 1. The Morgan fingerprint density at radius 2 is 2.10 bits per heavy atom. The molecular formula is C13H21N7. The second-order valence-electron chi connectivity index (χ2n) is 4.49. The van der Waals surface area contributed by atoms with Crippen molar-refractivity contribution in [2.75, 3.05) is 17.3 Å². The van der Waals surface area contributed by atoms with Gasteiger partial charge >= 0.3 is 0 Å². The summed E-state index contributed by atoms with van der Waals surface area (Å²) in [5.74, 6) is 7.62. The van der Waals surface area contributed by atoms with Crippen LogP contribution in [0, 0.1) is 0 Å². The molecule has 0 spiro atoms. The zero-order valence-corrected chi connectivity index (χ0v) is 11.7. The molecule has 0 aliphatic heterocycles. The highest BCUT2D eigenvalue weighted by Crippen LogP contribution is 2.11. The number of unbranched alkanes of at least 4 members (excludes halogenated alkanes) is 1. The van der Waals surface area contributed by atoms with Crippen LogP contribution in [0.15, 0.2) is 24.8 Å². The van der Waals surface area contributed by atoms with Crippen LogP contribution < -0.4 is 16.6 Å². The van der Waals surface area contributed by atoms with Crippen molar-refractivity contribution < 1.29 is 0 Å². The highest BCUT2D eigenvalue weighted by molar-refractivity contribution is 5.46. The Bertz CT molecular complexity index is 487. The molecule has 0 fully saturated rings. The van der Waals surface area contributed by atoms with Gasteiger partial charge in [0, 0.05) is 38.0 Å². The summed E-state index contributed by atoms with van der Waals surface area (Å²) in [6.45, 7) is 3.88. The number of aromatic nitrogens is 4. The normalized spacial score (nSPS) is 10.5. The number of anilines is 2. The Morgan fingerprint density at radius 3 is 2.80 bits per heavy atom. The van der Waals surface area contributed by atoms with E-state index in [-0.39, 0.29) is 0 Å². The molecule has 20 heavy (non-hydrogen) atoms. The average Bonchev–Trinajstić information content (AvgIpc) is 2.99. The molecule has 2 rings (SSSR count). The van der Waals surface area contributed by atoms with E-state index in [1.54, 1.807) is 6.20 Å². The fraction of sp³-hybridized carbons (Fsp3) is 0.462. The van der Waals surface area contributed by atoms with Gasteiger partial charge in [0.25, 0.3) is 0 Å². The third-order valence-electron chi connectivity index (χ3n) is 2.94. The summed E-state index contributed by atoms with van der Waals surface area (Å²) in [6.07, 6.45) is 8.55. The molecule has 0 saturated carbocycles. The fourth-order valence-corrected chi connectivity index (χ4v) is 1.87. The Morgan fingerprint density at radius 1 is 1.25 bits per heavy atom. The van der Waals surface area contributed by atoms with Crippen LogP contribution in [-0.2, 0) is 13.0 Å². The van der Waals surface area contributed by atoms with Gasteiger partial charge in [0.1, 0.15) is 17.5 Å². The molecular weight excluding hydrogens is 254 g/mol. The summed E-state index contributed by atoms with van der Waals surface area (Å²) in [5, 5.41) is 3.30. The van der Waals surface area contributed by atoms with Gasteiger partial charge in [-0.1, -0.05) is 6.92 Å². The maximum Gasteiger partial charge on any atom is 0.145 e. The monoisotopic (exact) mass is 275 g/mol. The maximum absolute atomic E-state index is 5.40. The van der Waals surface area contributed by atoms with E-state index in [1.165, 1.54) is 0 Å². The maximum atomic E-state index is 5.40. The van der Waals surface area contributed by atoms with Gasteiger partial charge in [-0.25, -0.2) is 20.8 Å². The van der Waals surface area contributed by atoms with Crippen LogP contribution in [-0.4, -0.2) is 26.1 Å².